The van der Waals surface area contributed by atoms with E-state index in [9.17, 15) is 4.79 Å². The molecule has 0 unspecified atom stereocenters. The predicted molar refractivity (Wildman–Crippen MR) is 47.0 cm³/mol. The van der Waals surface area contributed by atoms with E-state index >= 15 is 0 Å². The Morgan fingerprint density at radius 2 is 2.09 bits per heavy atom. The van der Waals surface area contributed by atoms with Gasteiger partial charge in [0.15, 0.2) is 0 Å². The van der Waals surface area contributed by atoms with Gasteiger partial charge in [0.2, 0.25) is 0 Å². The van der Waals surface area contributed by atoms with E-state index in [-0.39, 0.29) is 10.5 Å². The first-order valence-electron chi connectivity index (χ1n) is 3.39. The summed E-state index contributed by atoms with van der Waals surface area (Å²) in [5.74, 6) is 0. The van der Waals surface area contributed by atoms with Gasteiger partial charge in [0.1, 0.15) is 0 Å². The number of benzene rings is 1. The van der Waals surface area contributed by atoms with Crippen molar-refractivity contribution in [2.45, 2.75) is 6.92 Å². The quantitative estimate of drug-likeness (QED) is 0.679. The van der Waals surface area contributed by atoms with Gasteiger partial charge < -0.3 is 0 Å². The van der Waals surface area contributed by atoms with Gasteiger partial charge in [0.05, 0.1) is 0 Å². The first kappa shape index (κ1) is 9.50. The van der Waals surface area contributed by atoms with Gasteiger partial charge in [-0.2, -0.15) is 0 Å². The fourth-order valence-electron chi connectivity index (χ4n) is 0.912. The van der Waals surface area contributed by atoms with E-state index in [4.69, 9.17) is 0 Å². The van der Waals surface area contributed by atoms with Crippen LogP contribution in [-0.2, 0) is 0 Å². The van der Waals surface area contributed by atoms with Gasteiger partial charge in [-0.25, -0.2) is 0 Å². The third-order valence-electron chi connectivity index (χ3n) is 1.55. The van der Waals surface area contributed by atoms with Crippen LogP contribution in [0.5, 0.6) is 0 Å². The van der Waals surface area contributed by atoms with Crippen molar-refractivity contribution in [1.82, 2.24) is 0 Å². The fraction of sp³-hybridized carbons (Fsp3) is 0.125. The van der Waals surface area contributed by atoms with Crippen molar-refractivity contribution in [3.05, 3.63) is 35.4 Å². The number of hydrogen-bond acceptors (Lipinski definition) is 1. The molecular weight excluding hydrogens is 214 g/mol. The number of hydrogen-bond donors (Lipinski definition) is 0. The van der Waals surface area contributed by atoms with E-state index in [1.165, 1.54) is 0 Å². The molecule has 52 valence electrons. The second-order valence-corrected chi connectivity index (χ2v) is 6.06. The summed E-state index contributed by atoms with van der Waals surface area (Å²) in [6, 6.07) is 7.79. The Balaban J connectivity index is 3.03. The van der Waals surface area contributed by atoms with Crippen molar-refractivity contribution in [3.8, 4) is 0 Å². The van der Waals surface area contributed by atoms with Gasteiger partial charge in [0, 0.05) is 0 Å². The Labute approximate surface area is 87.0 Å². The Morgan fingerprint density at radius 3 is 2.64 bits per heavy atom. The van der Waals surface area contributed by atoms with Gasteiger partial charge >= 0.3 is 87.7 Å². The minimum absolute atomic E-state index is 0.228. The number of carbonyl (C=O) groups excluding carboxylic acids is 1. The first-order valence-corrected chi connectivity index (χ1v) is 10.2. The topological polar surface area (TPSA) is 17.1 Å². The molecule has 0 N–H and O–H groups in total. The average molecular weight is 221 g/mol. The molecule has 1 aromatic rings. The molecule has 0 spiro atoms. The van der Waals surface area contributed by atoms with Crippen LogP contribution in [0.1, 0.15) is 15.9 Å². The van der Waals surface area contributed by atoms with E-state index in [1.807, 2.05) is 31.2 Å². The Kier molecular flexibility index (Phi) is 3.83. The van der Waals surface area contributed by atoms with Crippen LogP contribution in [0.3, 0.4) is 0 Å². The van der Waals surface area contributed by atoms with Crippen molar-refractivity contribution in [2.24, 2.45) is 0 Å². The summed E-state index contributed by atoms with van der Waals surface area (Å²) in [6.07, 6.45) is 0. The van der Waals surface area contributed by atoms with E-state index in [0.29, 0.717) is 4.68 Å². The molecule has 0 amide bonds. The van der Waals surface area contributed by atoms with E-state index < -0.39 is 0 Å². The van der Waals surface area contributed by atoms with E-state index in [1.54, 1.807) is 0 Å². The summed E-state index contributed by atoms with van der Waals surface area (Å²) in [7, 11) is 0.228. The predicted octanol–water partition coefficient (Wildman–Crippen LogP) is 0.923. The maximum absolute atomic E-state index is 11.3. The van der Waals surface area contributed by atoms with Crippen LogP contribution in [0, 0.1) is 6.92 Å². The van der Waals surface area contributed by atoms with Crippen LogP contribution >= 0.6 is 0 Å². The third-order valence-corrected chi connectivity index (χ3v) is 4.72. The molecule has 0 aromatic heterocycles. The normalized spacial score (nSPS) is 9.73. The zero-order chi connectivity index (χ0) is 8.27. The monoisotopic (exact) mass is 222 g/mol. The molecule has 0 bridgehead atoms. The average Bonchev–Trinajstić information content (AvgIpc) is 2.04. The number of aryl methyl sites for hydroxylation is 1. The van der Waals surface area contributed by atoms with Gasteiger partial charge in [-0.3, -0.25) is 0 Å². The van der Waals surface area contributed by atoms with Crippen LogP contribution in [0.15, 0.2) is 24.3 Å². The molecule has 0 heterocycles. The van der Waals surface area contributed by atoms with Crippen molar-refractivity contribution in [3.63, 3.8) is 0 Å². The Morgan fingerprint density at radius 1 is 1.45 bits per heavy atom. The molecule has 1 aromatic carbocycles. The molecule has 0 radical (unpaired) electrons. The maximum atomic E-state index is 11.3. The van der Waals surface area contributed by atoms with Crippen LogP contribution in [-0.4, -0.2) is 40.6 Å². The Bertz CT molecular complexity index is 273. The van der Waals surface area contributed by atoms with Crippen LogP contribution in [0.4, 0.5) is 0 Å². The Hall–Kier alpha value is 0.409. The summed E-state index contributed by atoms with van der Waals surface area (Å²) in [5, 5.41) is 0. The van der Waals surface area contributed by atoms with Crippen LogP contribution in [0.25, 0.3) is 0 Å². The second-order valence-electron chi connectivity index (χ2n) is 2.31. The SMILES string of the molecule is Cc1ccccc1C(=O)[Se][Na]. The van der Waals surface area contributed by atoms with Crippen molar-refractivity contribution < 1.29 is 4.79 Å². The summed E-state index contributed by atoms with van der Waals surface area (Å²) >= 11 is 1.02. The zero-order valence-electron chi connectivity index (χ0n) is 6.63. The summed E-state index contributed by atoms with van der Waals surface area (Å²) in [4.78, 5) is 11.3. The molecule has 1 nitrogen and oxygen atoms in total. The third kappa shape index (κ3) is 2.43. The fourth-order valence-corrected chi connectivity index (χ4v) is 3.00. The van der Waals surface area contributed by atoms with Crippen LogP contribution in [0.2, 0.25) is 0 Å². The van der Waals surface area contributed by atoms with Crippen molar-refractivity contribution in [1.29, 1.82) is 0 Å². The molecule has 0 saturated heterocycles. The second kappa shape index (κ2) is 4.44. The van der Waals surface area contributed by atoms with Gasteiger partial charge in [-0.15, -0.1) is 0 Å². The molecule has 1 rings (SSSR count). The van der Waals surface area contributed by atoms with Gasteiger partial charge in [0.25, 0.3) is 0 Å². The summed E-state index contributed by atoms with van der Waals surface area (Å²) in [6.45, 7) is 1.99. The molecule has 0 aliphatic carbocycles. The van der Waals surface area contributed by atoms with Gasteiger partial charge in [-0.1, -0.05) is 0 Å². The molecule has 3 heteroatoms. The standard InChI is InChI=1S/C8H8OSe.Na/c1-6-4-2-3-5-7(6)8(9)10;/h2-5H,1H3,(H,9,10);/q;+1/p-1. The van der Waals surface area contributed by atoms with Crippen molar-refractivity contribution in [2.75, 3.05) is 0 Å². The number of carbonyl (C=O) groups is 1. The first-order chi connectivity index (χ1) is 5.25. The summed E-state index contributed by atoms with van der Waals surface area (Å²) in [5.41, 5.74) is 2.03. The molecule has 0 atom stereocenters. The van der Waals surface area contributed by atoms with E-state index in [2.05, 4.69) is 0 Å². The molecule has 0 aliphatic rings. The molecular formula is C8H7NaOSe. The zero-order valence-corrected chi connectivity index (χ0v) is 10.3. The molecule has 0 aliphatic heterocycles. The number of rotatable bonds is 2. The molecule has 0 saturated carbocycles. The summed E-state index contributed by atoms with van der Waals surface area (Å²) < 4.78 is 0.349. The minimum atomic E-state index is 0.228. The van der Waals surface area contributed by atoms with E-state index in [0.717, 1.165) is 36.5 Å². The van der Waals surface area contributed by atoms with Crippen LogP contribution < -0.4 is 0 Å². The van der Waals surface area contributed by atoms with Gasteiger partial charge in [-0.05, 0) is 0 Å². The van der Waals surface area contributed by atoms with Crippen molar-refractivity contribution >= 4 is 40.6 Å². The molecule has 0 fully saturated rings. The molecule has 11 heavy (non-hydrogen) atoms.